The zero-order chi connectivity index (χ0) is 25.2. The lowest BCUT2D eigenvalue weighted by Crippen LogP contribution is -2.42. The quantitative estimate of drug-likeness (QED) is 0.400. The van der Waals surface area contributed by atoms with Crippen LogP contribution in [-0.2, 0) is 16.6 Å². The van der Waals surface area contributed by atoms with Crippen LogP contribution in [0.5, 0.6) is 0 Å². The fraction of sp³-hybridized carbons (Fsp3) is 0.185. The summed E-state index contributed by atoms with van der Waals surface area (Å²) in [5.41, 5.74) is 1.69. The number of sulfonamides is 1. The molecule has 0 saturated carbocycles. The van der Waals surface area contributed by atoms with Crippen molar-refractivity contribution in [2.24, 2.45) is 0 Å². The second-order valence-corrected chi connectivity index (χ2v) is 10.7. The maximum atomic E-state index is 13.0. The second-order valence-electron chi connectivity index (χ2n) is 8.70. The van der Waals surface area contributed by atoms with Crippen molar-refractivity contribution in [1.29, 1.82) is 0 Å². The lowest BCUT2D eigenvalue weighted by atomic mass is 10.1. The first-order chi connectivity index (χ1) is 16.6. The second kappa shape index (κ2) is 9.28. The van der Waals surface area contributed by atoms with Gasteiger partial charge < -0.3 is 5.32 Å². The molecule has 0 saturated heterocycles. The number of carbonyl (C=O) groups excluding carboxylic acids is 1. The van der Waals surface area contributed by atoms with Gasteiger partial charge in [0, 0.05) is 12.4 Å². The van der Waals surface area contributed by atoms with E-state index in [-0.39, 0.29) is 16.5 Å². The third kappa shape index (κ3) is 4.91. The molecule has 0 spiro atoms. The molecule has 178 valence electrons. The Morgan fingerprint density at radius 1 is 1.03 bits per heavy atom. The van der Waals surface area contributed by atoms with Gasteiger partial charge in [-0.3, -0.25) is 13.8 Å². The third-order valence-electron chi connectivity index (χ3n) is 5.69. The Kier molecular flexibility index (Phi) is 6.37. The van der Waals surface area contributed by atoms with Crippen LogP contribution in [0.4, 0.5) is 5.69 Å². The minimum atomic E-state index is -3.70. The summed E-state index contributed by atoms with van der Waals surface area (Å²) in [6.07, 6.45) is 5.51. The highest BCUT2D eigenvalue weighted by molar-refractivity contribution is 7.92. The zero-order valence-electron chi connectivity index (χ0n) is 19.8. The van der Waals surface area contributed by atoms with Crippen LogP contribution < -0.4 is 9.62 Å². The van der Waals surface area contributed by atoms with Gasteiger partial charge in [-0.2, -0.15) is 5.10 Å². The van der Waals surface area contributed by atoms with Crippen molar-refractivity contribution >= 4 is 32.5 Å². The number of rotatable bonds is 7. The molecule has 1 heterocycles. The van der Waals surface area contributed by atoms with Crippen LogP contribution in [0.15, 0.2) is 83.8 Å². The standard InChI is InChI=1S/C27H26N4O3S/c1-5-27(2,3)28-26(32)25-23-13-9-10-14-24(23)31(29-25)19-20-15-17-22(18-16-20)35(33,34)30(4)21-11-7-6-8-12-21/h1,6-18H,19H2,2-4H3,(H,28,32). The molecule has 1 N–H and O–H groups in total. The first-order valence-electron chi connectivity index (χ1n) is 11.0. The van der Waals surface area contributed by atoms with E-state index >= 15 is 0 Å². The monoisotopic (exact) mass is 486 g/mol. The van der Waals surface area contributed by atoms with Crippen LogP contribution >= 0.6 is 0 Å². The molecular formula is C27H26N4O3S. The average Bonchev–Trinajstić information content (AvgIpc) is 3.23. The van der Waals surface area contributed by atoms with Crippen molar-refractivity contribution in [3.05, 3.63) is 90.1 Å². The molecule has 8 heteroatoms. The number of hydrogen-bond acceptors (Lipinski definition) is 4. The molecule has 7 nitrogen and oxygen atoms in total. The van der Waals surface area contributed by atoms with E-state index in [0.29, 0.717) is 17.6 Å². The molecule has 4 aromatic rings. The van der Waals surface area contributed by atoms with E-state index in [1.54, 1.807) is 67.1 Å². The Balaban J connectivity index is 1.61. The molecule has 35 heavy (non-hydrogen) atoms. The van der Waals surface area contributed by atoms with Crippen LogP contribution in [0.1, 0.15) is 29.9 Å². The number of benzene rings is 3. The summed E-state index contributed by atoms with van der Waals surface area (Å²) in [7, 11) is -2.17. The summed E-state index contributed by atoms with van der Waals surface area (Å²) in [4.78, 5) is 13.1. The fourth-order valence-corrected chi connectivity index (χ4v) is 4.86. The molecule has 0 atom stereocenters. The van der Waals surface area contributed by atoms with E-state index in [0.717, 1.165) is 11.1 Å². The van der Waals surface area contributed by atoms with Crippen molar-refractivity contribution in [2.75, 3.05) is 11.4 Å². The molecule has 0 unspecified atom stereocenters. The molecule has 0 bridgehead atoms. The number of carbonyl (C=O) groups is 1. The molecule has 0 fully saturated rings. The van der Waals surface area contributed by atoms with Gasteiger partial charge in [0.15, 0.2) is 5.69 Å². The summed E-state index contributed by atoms with van der Waals surface area (Å²) in [6, 6.07) is 23.0. The molecule has 0 radical (unpaired) electrons. The van der Waals surface area contributed by atoms with Crippen LogP contribution in [0.25, 0.3) is 10.9 Å². The van der Waals surface area contributed by atoms with Crippen molar-refractivity contribution in [3.8, 4) is 12.3 Å². The summed E-state index contributed by atoms with van der Waals surface area (Å²) < 4.78 is 29.1. The van der Waals surface area contributed by atoms with Gasteiger partial charge in [-0.1, -0.05) is 54.5 Å². The normalized spacial score (nSPS) is 11.7. The Hall–Kier alpha value is -4.09. The summed E-state index contributed by atoms with van der Waals surface area (Å²) in [5.74, 6) is 2.20. The topological polar surface area (TPSA) is 84.3 Å². The van der Waals surface area contributed by atoms with E-state index in [1.165, 1.54) is 11.4 Å². The van der Waals surface area contributed by atoms with Gasteiger partial charge in [0.05, 0.1) is 28.2 Å². The molecule has 3 aromatic carbocycles. The highest BCUT2D eigenvalue weighted by Gasteiger charge is 2.24. The number of hydrogen-bond donors (Lipinski definition) is 1. The molecule has 0 aliphatic rings. The van der Waals surface area contributed by atoms with E-state index in [1.807, 2.05) is 30.3 Å². The molecule has 0 aliphatic heterocycles. The van der Waals surface area contributed by atoms with Crippen molar-refractivity contribution in [3.63, 3.8) is 0 Å². The van der Waals surface area contributed by atoms with Gasteiger partial charge >= 0.3 is 0 Å². The smallest absolute Gasteiger partial charge is 0.273 e. The number of fused-ring (bicyclic) bond motifs is 1. The Morgan fingerprint density at radius 2 is 1.66 bits per heavy atom. The Morgan fingerprint density at radius 3 is 2.31 bits per heavy atom. The lowest BCUT2D eigenvalue weighted by molar-refractivity contribution is 0.0925. The lowest BCUT2D eigenvalue weighted by Gasteiger charge is -2.19. The SMILES string of the molecule is C#CC(C)(C)NC(=O)c1nn(Cc2ccc(S(=O)(=O)N(C)c3ccccc3)cc2)c2ccccc12. The Bertz CT molecular complexity index is 1520. The van der Waals surface area contributed by atoms with Crippen LogP contribution in [0.2, 0.25) is 0 Å². The summed E-state index contributed by atoms with van der Waals surface area (Å²) >= 11 is 0. The van der Waals surface area contributed by atoms with Gasteiger partial charge in [0.1, 0.15) is 0 Å². The first-order valence-corrected chi connectivity index (χ1v) is 12.5. The largest absolute Gasteiger partial charge is 0.335 e. The van der Waals surface area contributed by atoms with Gasteiger partial charge in [-0.05, 0) is 49.7 Å². The fourth-order valence-electron chi connectivity index (χ4n) is 3.67. The van der Waals surface area contributed by atoms with Crippen molar-refractivity contribution in [1.82, 2.24) is 15.1 Å². The number of anilines is 1. The van der Waals surface area contributed by atoms with Gasteiger partial charge in [0.2, 0.25) is 0 Å². The van der Waals surface area contributed by atoms with Crippen molar-refractivity contribution in [2.45, 2.75) is 30.8 Å². The summed E-state index contributed by atoms with van der Waals surface area (Å²) in [5, 5.41) is 8.08. The number of terminal acetylenes is 1. The third-order valence-corrected chi connectivity index (χ3v) is 7.49. The van der Waals surface area contributed by atoms with Crippen LogP contribution in [0.3, 0.4) is 0 Å². The van der Waals surface area contributed by atoms with Gasteiger partial charge in [0.25, 0.3) is 15.9 Å². The Labute approximate surface area is 205 Å². The minimum absolute atomic E-state index is 0.189. The predicted octanol–water partition coefficient (Wildman–Crippen LogP) is 4.05. The highest BCUT2D eigenvalue weighted by atomic mass is 32.2. The highest BCUT2D eigenvalue weighted by Crippen LogP contribution is 2.24. The molecule has 4 rings (SSSR count). The maximum Gasteiger partial charge on any atom is 0.273 e. The number of aromatic nitrogens is 2. The van der Waals surface area contributed by atoms with Crippen molar-refractivity contribution < 1.29 is 13.2 Å². The maximum absolute atomic E-state index is 13.0. The predicted molar refractivity (Wildman–Crippen MR) is 138 cm³/mol. The molecule has 1 aromatic heterocycles. The number of nitrogens with zero attached hydrogens (tertiary/aromatic N) is 3. The van der Waals surface area contributed by atoms with E-state index in [9.17, 15) is 13.2 Å². The number of amides is 1. The van der Waals surface area contributed by atoms with Crippen LogP contribution in [-0.4, -0.2) is 36.7 Å². The van der Waals surface area contributed by atoms with Gasteiger partial charge in [-0.25, -0.2) is 8.42 Å². The molecule has 1 amide bonds. The number of nitrogens with one attached hydrogen (secondary N) is 1. The molecule has 0 aliphatic carbocycles. The zero-order valence-corrected chi connectivity index (χ0v) is 20.6. The minimum Gasteiger partial charge on any atom is -0.335 e. The number of para-hydroxylation sites is 2. The first kappa shape index (κ1) is 24.0. The van der Waals surface area contributed by atoms with Crippen LogP contribution in [0, 0.1) is 12.3 Å². The van der Waals surface area contributed by atoms with Gasteiger partial charge in [-0.15, -0.1) is 6.42 Å². The van der Waals surface area contributed by atoms with E-state index < -0.39 is 15.6 Å². The van der Waals surface area contributed by atoms with E-state index in [4.69, 9.17) is 6.42 Å². The van der Waals surface area contributed by atoms with E-state index in [2.05, 4.69) is 16.3 Å². The summed E-state index contributed by atoms with van der Waals surface area (Å²) in [6.45, 7) is 3.85. The average molecular weight is 487 g/mol. The molecular weight excluding hydrogens is 460 g/mol.